The first-order chi connectivity index (χ1) is 9.20. The second-order valence-electron chi connectivity index (χ2n) is 5.20. The van der Waals surface area contributed by atoms with E-state index in [0.717, 1.165) is 31.0 Å². The molecular weight excluding hydrogens is 234 g/mol. The summed E-state index contributed by atoms with van der Waals surface area (Å²) in [6.45, 7) is 8.42. The average Bonchev–Trinajstić information content (AvgIpc) is 2.88. The largest absolute Gasteiger partial charge is 0.341 e. The third-order valence-corrected chi connectivity index (χ3v) is 3.24. The first-order valence-electron chi connectivity index (χ1n) is 7.05. The van der Waals surface area contributed by atoms with E-state index in [4.69, 9.17) is 0 Å². The number of benzene rings is 1. The molecular formula is C16H23N3. The molecule has 2 rings (SSSR count). The number of H-pyrrole nitrogens is 1. The van der Waals surface area contributed by atoms with Gasteiger partial charge in [-0.1, -0.05) is 45.0 Å². The lowest BCUT2D eigenvalue weighted by Gasteiger charge is -2.05. The summed E-state index contributed by atoms with van der Waals surface area (Å²) in [6, 6.07) is 8.70. The highest BCUT2D eigenvalue weighted by Crippen LogP contribution is 2.21. The van der Waals surface area contributed by atoms with Crippen molar-refractivity contribution in [1.82, 2.24) is 15.3 Å². The molecule has 1 aromatic carbocycles. The normalized spacial score (nSPS) is 11.2. The predicted molar refractivity (Wildman–Crippen MR) is 80.1 cm³/mol. The van der Waals surface area contributed by atoms with E-state index in [1.54, 1.807) is 0 Å². The van der Waals surface area contributed by atoms with Crippen LogP contribution >= 0.6 is 0 Å². The molecule has 2 N–H and O–H groups in total. The summed E-state index contributed by atoms with van der Waals surface area (Å²) in [5.41, 5.74) is 3.65. The van der Waals surface area contributed by atoms with Crippen molar-refractivity contribution in [3.8, 4) is 11.3 Å². The Bertz CT molecular complexity index is 497. The van der Waals surface area contributed by atoms with Crippen molar-refractivity contribution < 1.29 is 0 Å². The smallest absolute Gasteiger partial charge is 0.120 e. The van der Waals surface area contributed by atoms with Crippen LogP contribution < -0.4 is 5.32 Å². The van der Waals surface area contributed by atoms with Crippen LogP contribution in [-0.4, -0.2) is 16.5 Å². The summed E-state index contributed by atoms with van der Waals surface area (Å²) < 4.78 is 0. The molecule has 0 aliphatic carbocycles. The van der Waals surface area contributed by atoms with E-state index >= 15 is 0 Å². The quantitative estimate of drug-likeness (QED) is 0.775. The maximum atomic E-state index is 4.40. The Kier molecular flexibility index (Phi) is 4.74. The minimum absolute atomic E-state index is 0.574. The van der Waals surface area contributed by atoms with Crippen LogP contribution in [0.25, 0.3) is 11.3 Å². The van der Waals surface area contributed by atoms with E-state index in [9.17, 15) is 0 Å². The van der Waals surface area contributed by atoms with Crippen LogP contribution in [0, 0.1) is 0 Å². The topological polar surface area (TPSA) is 40.7 Å². The van der Waals surface area contributed by atoms with Gasteiger partial charge >= 0.3 is 0 Å². The van der Waals surface area contributed by atoms with Gasteiger partial charge in [0.1, 0.15) is 5.82 Å². The molecule has 0 saturated heterocycles. The van der Waals surface area contributed by atoms with Crippen molar-refractivity contribution in [3.05, 3.63) is 41.9 Å². The molecule has 0 aliphatic heterocycles. The maximum Gasteiger partial charge on any atom is 0.120 e. The van der Waals surface area contributed by atoms with Gasteiger partial charge in [-0.15, -0.1) is 0 Å². The number of nitrogens with one attached hydrogen (secondary N) is 2. The molecule has 0 aliphatic rings. The van der Waals surface area contributed by atoms with E-state index in [0.29, 0.717) is 5.92 Å². The maximum absolute atomic E-state index is 4.40. The Labute approximate surface area is 115 Å². The van der Waals surface area contributed by atoms with Gasteiger partial charge in [0.2, 0.25) is 0 Å². The second-order valence-corrected chi connectivity index (χ2v) is 5.20. The fraction of sp³-hybridized carbons (Fsp3) is 0.438. The fourth-order valence-corrected chi connectivity index (χ4v) is 2.03. The zero-order valence-corrected chi connectivity index (χ0v) is 12.0. The highest BCUT2D eigenvalue weighted by molar-refractivity contribution is 5.58. The van der Waals surface area contributed by atoms with Gasteiger partial charge in [-0.05, 0) is 30.0 Å². The summed E-state index contributed by atoms with van der Waals surface area (Å²) in [6.07, 6.45) is 3.05. The summed E-state index contributed by atoms with van der Waals surface area (Å²) in [5.74, 6) is 1.57. The van der Waals surface area contributed by atoms with Crippen molar-refractivity contribution in [1.29, 1.82) is 0 Å². The predicted octanol–water partition coefficient (Wildman–Crippen LogP) is 3.70. The standard InChI is InChI=1S/C16H23N3/c1-4-9-17-11-16-18-10-15(19-16)14-7-5-13(6-8-14)12(2)3/h5-8,10,12,17H,4,9,11H2,1-3H3,(H,18,19). The van der Waals surface area contributed by atoms with Crippen LogP contribution in [0.3, 0.4) is 0 Å². The molecule has 1 heterocycles. The van der Waals surface area contributed by atoms with Gasteiger partial charge in [0.25, 0.3) is 0 Å². The van der Waals surface area contributed by atoms with Crippen LogP contribution in [0.4, 0.5) is 0 Å². The van der Waals surface area contributed by atoms with Crippen LogP contribution in [-0.2, 0) is 6.54 Å². The van der Waals surface area contributed by atoms with E-state index in [1.807, 2.05) is 6.20 Å². The Morgan fingerprint density at radius 2 is 1.95 bits per heavy atom. The van der Waals surface area contributed by atoms with Crippen LogP contribution in [0.1, 0.15) is 44.5 Å². The minimum atomic E-state index is 0.574. The molecule has 0 atom stereocenters. The monoisotopic (exact) mass is 257 g/mol. The molecule has 0 amide bonds. The lowest BCUT2D eigenvalue weighted by atomic mass is 10.0. The van der Waals surface area contributed by atoms with Gasteiger partial charge in [-0.3, -0.25) is 0 Å². The number of hydrogen-bond donors (Lipinski definition) is 2. The van der Waals surface area contributed by atoms with Gasteiger partial charge in [0.15, 0.2) is 0 Å². The zero-order valence-electron chi connectivity index (χ0n) is 12.0. The van der Waals surface area contributed by atoms with Crippen molar-refractivity contribution >= 4 is 0 Å². The number of imidazole rings is 1. The van der Waals surface area contributed by atoms with Crippen molar-refractivity contribution in [2.75, 3.05) is 6.54 Å². The number of hydrogen-bond acceptors (Lipinski definition) is 2. The van der Waals surface area contributed by atoms with Crippen molar-refractivity contribution in [3.63, 3.8) is 0 Å². The molecule has 0 bridgehead atoms. The lowest BCUT2D eigenvalue weighted by molar-refractivity contribution is 0.655. The molecule has 0 saturated carbocycles. The first-order valence-corrected chi connectivity index (χ1v) is 7.05. The van der Waals surface area contributed by atoms with Gasteiger partial charge < -0.3 is 10.3 Å². The third kappa shape index (κ3) is 3.67. The van der Waals surface area contributed by atoms with Crippen molar-refractivity contribution in [2.45, 2.75) is 39.7 Å². The van der Waals surface area contributed by atoms with E-state index in [-0.39, 0.29) is 0 Å². The third-order valence-electron chi connectivity index (χ3n) is 3.24. The van der Waals surface area contributed by atoms with Gasteiger partial charge in [-0.2, -0.15) is 0 Å². The summed E-state index contributed by atoms with van der Waals surface area (Å²) in [4.78, 5) is 7.77. The Morgan fingerprint density at radius 3 is 2.58 bits per heavy atom. The van der Waals surface area contributed by atoms with Crippen LogP contribution in [0.5, 0.6) is 0 Å². The van der Waals surface area contributed by atoms with Gasteiger partial charge in [-0.25, -0.2) is 4.98 Å². The molecule has 19 heavy (non-hydrogen) atoms. The highest BCUT2D eigenvalue weighted by atomic mass is 15.0. The average molecular weight is 257 g/mol. The summed E-state index contributed by atoms with van der Waals surface area (Å²) >= 11 is 0. The lowest BCUT2D eigenvalue weighted by Crippen LogP contribution is -2.14. The summed E-state index contributed by atoms with van der Waals surface area (Å²) in [5, 5.41) is 3.35. The van der Waals surface area contributed by atoms with E-state index in [1.165, 1.54) is 11.1 Å². The minimum Gasteiger partial charge on any atom is -0.341 e. The van der Waals surface area contributed by atoms with Crippen molar-refractivity contribution in [2.24, 2.45) is 0 Å². The number of rotatable bonds is 6. The zero-order chi connectivity index (χ0) is 13.7. The molecule has 3 heteroatoms. The SMILES string of the molecule is CCCNCc1ncc(-c2ccc(C(C)C)cc2)[nH]1. The molecule has 1 aromatic heterocycles. The first kappa shape index (κ1) is 13.8. The Hall–Kier alpha value is -1.61. The molecule has 0 spiro atoms. The van der Waals surface area contributed by atoms with Gasteiger partial charge in [0.05, 0.1) is 18.4 Å². The molecule has 102 valence electrons. The molecule has 0 unspecified atom stereocenters. The highest BCUT2D eigenvalue weighted by Gasteiger charge is 2.04. The second kappa shape index (κ2) is 6.53. The van der Waals surface area contributed by atoms with Crippen LogP contribution in [0.2, 0.25) is 0 Å². The van der Waals surface area contributed by atoms with Crippen LogP contribution in [0.15, 0.2) is 30.5 Å². The molecule has 0 fully saturated rings. The van der Waals surface area contributed by atoms with E-state index in [2.05, 4.69) is 60.3 Å². The summed E-state index contributed by atoms with van der Waals surface area (Å²) in [7, 11) is 0. The molecule has 0 radical (unpaired) electrons. The van der Waals surface area contributed by atoms with Gasteiger partial charge in [0, 0.05) is 0 Å². The number of nitrogens with zero attached hydrogens (tertiary/aromatic N) is 1. The van der Waals surface area contributed by atoms with E-state index < -0.39 is 0 Å². The fourth-order valence-electron chi connectivity index (χ4n) is 2.03. The Morgan fingerprint density at radius 1 is 1.21 bits per heavy atom. The molecule has 2 aromatic rings. The number of aromatic nitrogens is 2. The number of aromatic amines is 1. The molecule has 3 nitrogen and oxygen atoms in total. The Balaban J connectivity index is 2.05.